The van der Waals surface area contributed by atoms with Gasteiger partial charge in [0.15, 0.2) is 0 Å². The first-order valence-electron chi connectivity index (χ1n) is 4.47. The van der Waals surface area contributed by atoms with Crippen molar-refractivity contribution in [3.8, 4) is 0 Å². The number of nitrogens with zero attached hydrogens (tertiary/aromatic N) is 2. The molecule has 1 aromatic heterocycles. The Morgan fingerprint density at radius 1 is 1.15 bits per heavy atom. The second kappa shape index (κ2) is 4.18. The van der Waals surface area contributed by atoms with Gasteiger partial charge in [0, 0.05) is 22.1 Å². The van der Waals surface area contributed by atoms with Crippen LogP contribution in [0.4, 0.5) is 0 Å². The standard InChI is InChI=1S/C10H15BrN2/c1-6-5-7(2)13-10(12-6)8(3)9(4)11/h5,8-9H,1-4H3. The van der Waals surface area contributed by atoms with Gasteiger partial charge in [0.1, 0.15) is 5.82 Å². The predicted molar refractivity (Wildman–Crippen MR) is 58.3 cm³/mol. The molecule has 0 amide bonds. The summed E-state index contributed by atoms with van der Waals surface area (Å²) in [6.07, 6.45) is 0. The van der Waals surface area contributed by atoms with E-state index >= 15 is 0 Å². The van der Waals surface area contributed by atoms with Crippen molar-refractivity contribution in [2.75, 3.05) is 0 Å². The topological polar surface area (TPSA) is 25.8 Å². The van der Waals surface area contributed by atoms with E-state index in [0.29, 0.717) is 10.7 Å². The molecule has 0 spiro atoms. The SMILES string of the molecule is Cc1cc(C)nc(C(C)C(C)Br)n1. The molecule has 0 aliphatic heterocycles. The first-order chi connectivity index (χ1) is 6.00. The van der Waals surface area contributed by atoms with Gasteiger partial charge in [-0.25, -0.2) is 9.97 Å². The molecule has 0 fully saturated rings. The maximum absolute atomic E-state index is 4.41. The van der Waals surface area contributed by atoms with E-state index < -0.39 is 0 Å². The largest absolute Gasteiger partial charge is 0.238 e. The Morgan fingerprint density at radius 3 is 2.00 bits per heavy atom. The van der Waals surface area contributed by atoms with Gasteiger partial charge in [0.2, 0.25) is 0 Å². The van der Waals surface area contributed by atoms with Crippen LogP contribution < -0.4 is 0 Å². The summed E-state index contributed by atoms with van der Waals surface area (Å²) in [6.45, 7) is 8.26. The van der Waals surface area contributed by atoms with Gasteiger partial charge in [-0.15, -0.1) is 0 Å². The molecule has 0 saturated heterocycles. The van der Waals surface area contributed by atoms with Crippen molar-refractivity contribution in [2.24, 2.45) is 0 Å². The molecular formula is C10H15BrN2. The number of halogens is 1. The lowest BCUT2D eigenvalue weighted by Crippen LogP contribution is -2.10. The second-order valence-corrected chi connectivity index (χ2v) is 4.92. The molecular weight excluding hydrogens is 228 g/mol. The fourth-order valence-corrected chi connectivity index (χ4v) is 1.40. The van der Waals surface area contributed by atoms with Crippen LogP contribution in [0.5, 0.6) is 0 Å². The molecule has 0 saturated carbocycles. The number of aryl methyl sites for hydroxylation is 2. The van der Waals surface area contributed by atoms with Gasteiger partial charge in [-0.1, -0.05) is 29.8 Å². The first-order valence-corrected chi connectivity index (χ1v) is 5.38. The van der Waals surface area contributed by atoms with Crippen LogP contribution in [0.3, 0.4) is 0 Å². The molecule has 0 bridgehead atoms. The highest BCUT2D eigenvalue weighted by Crippen LogP contribution is 2.21. The van der Waals surface area contributed by atoms with E-state index in [0.717, 1.165) is 17.2 Å². The Kier molecular flexibility index (Phi) is 3.42. The van der Waals surface area contributed by atoms with Crippen LogP contribution in [0.2, 0.25) is 0 Å². The second-order valence-electron chi connectivity index (χ2n) is 3.48. The zero-order chi connectivity index (χ0) is 10.0. The summed E-state index contributed by atoms with van der Waals surface area (Å²) in [7, 11) is 0. The number of alkyl halides is 1. The summed E-state index contributed by atoms with van der Waals surface area (Å²) < 4.78 is 0. The molecule has 0 aromatic carbocycles. The average molecular weight is 243 g/mol. The summed E-state index contributed by atoms with van der Waals surface area (Å²) in [4.78, 5) is 9.24. The van der Waals surface area contributed by atoms with Crippen molar-refractivity contribution in [3.63, 3.8) is 0 Å². The zero-order valence-corrected chi connectivity index (χ0v) is 10.1. The van der Waals surface area contributed by atoms with Gasteiger partial charge >= 0.3 is 0 Å². The molecule has 2 atom stereocenters. The molecule has 0 radical (unpaired) electrons. The Labute approximate surface area is 87.9 Å². The zero-order valence-electron chi connectivity index (χ0n) is 8.50. The Bertz CT molecular complexity index is 277. The minimum atomic E-state index is 0.360. The van der Waals surface area contributed by atoms with Crippen molar-refractivity contribution < 1.29 is 0 Å². The van der Waals surface area contributed by atoms with Crippen molar-refractivity contribution in [3.05, 3.63) is 23.3 Å². The number of hydrogen-bond acceptors (Lipinski definition) is 2. The van der Waals surface area contributed by atoms with E-state index in [2.05, 4.69) is 39.7 Å². The van der Waals surface area contributed by atoms with E-state index in [4.69, 9.17) is 0 Å². The van der Waals surface area contributed by atoms with Crippen LogP contribution in [0.1, 0.15) is 37.0 Å². The van der Waals surface area contributed by atoms with Crippen LogP contribution in [0.25, 0.3) is 0 Å². The number of aromatic nitrogens is 2. The maximum atomic E-state index is 4.41. The molecule has 1 aromatic rings. The quantitative estimate of drug-likeness (QED) is 0.746. The molecule has 2 nitrogen and oxygen atoms in total. The smallest absolute Gasteiger partial charge is 0.132 e. The normalized spacial score (nSPS) is 15.5. The highest BCUT2D eigenvalue weighted by molar-refractivity contribution is 9.09. The Morgan fingerprint density at radius 2 is 1.62 bits per heavy atom. The lowest BCUT2D eigenvalue weighted by molar-refractivity contribution is 0.691. The summed E-state index contributed by atoms with van der Waals surface area (Å²) in [5.74, 6) is 1.29. The molecule has 0 aliphatic carbocycles. The van der Waals surface area contributed by atoms with Gasteiger partial charge < -0.3 is 0 Å². The molecule has 1 heterocycles. The fourth-order valence-electron chi connectivity index (χ4n) is 1.16. The highest BCUT2D eigenvalue weighted by atomic mass is 79.9. The molecule has 72 valence electrons. The summed E-state index contributed by atoms with van der Waals surface area (Å²) in [5, 5.41) is 0. The van der Waals surface area contributed by atoms with Gasteiger partial charge in [0.25, 0.3) is 0 Å². The van der Waals surface area contributed by atoms with Crippen LogP contribution in [-0.2, 0) is 0 Å². The first kappa shape index (κ1) is 10.6. The summed E-state index contributed by atoms with van der Waals surface area (Å²) >= 11 is 3.55. The van der Waals surface area contributed by atoms with E-state index in [1.54, 1.807) is 0 Å². The van der Waals surface area contributed by atoms with Crippen molar-refractivity contribution >= 4 is 15.9 Å². The predicted octanol–water partition coefficient (Wildman–Crippen LogP) is 2.98. The Balaban J connectivity index is 3.01. The molecule has 2 unspecified atom stereocenters. The average Bonchev–Trinajstić information content (AvgIpc) is 2.01. The van der Waals surface area contributed by atoms with Gasteiger partial charge in [-0.3, -0.25) is 0 Å². The maximum Gasteiger partial charge on any atom is 0.132 e. The van der Waals surface area contributed by atoms with Gasteiger partial charge in [-0.2, -0.15) is 0 Å². The minimum Gasteiger partial charge on any atom is -0.238 e. The van der Waals surface area contributed by atoms with Crippen LogP contribution >= 0.6 is 15.9 Å². The van der Waals surface area contributed by atoms with Crippen LogP contribution in [0.15, 0.2) is 6.07 Å². The van der Waals surface area contributed by atoms with E-state index in [1.807, 2.05) is 19.9 Å². The summed E-state index contributed by atoms with van der Waals surface area (Å²) in [5.41, 5.74) is 2.09. The minimum absolute atomic E-state index is 0.360. The van der Waals surface area contributed by atoms with Crippen molar-refractivity contribution in [2.45, 2.75) is 38.4 Å². The van der Waals surface area contributed by atoms with Crippen LogP contribution in [-0.4, -0.2) is 14.8 Å². The number of hydrogen-bond donors (Lipinski definition) is 0. The number of rotatable bonds is 2. The third-order valence-electron chi connectivity index (χ3n) is 2.10. The molecule has 0 N–H and O–H groups in total. The third-order valence-corrected chi connectivity index (χ3v) is 2.89. The van der Waals surface area contributed by atoms with Crippen molar-refractivity contribution in [1.29, 1.82) is 0 Å². The Hall–Kier alpha value is -0.440. The van der Waals surface area contributed by atoms with E-state index in [9.17, 15) is 0 Å². The lowest BCUT2D eigenvalue weighted by Gasteiger charge is -2.13. The van der Waals surface area contributed by atoms with Crippen molar-refractivity contribution in [1.82, 2.24) is 9.97 Å². The lowest BCUT2D eigenvalue weighted by atomic mass is 10.1. The summed E-state index contributed by atoms with van der Waals surface area (Å²) in [6, 6.07) is 2.00. The van der Waals surface area contributed by atoms with Gasteiger partial charge in [0.05, 0.1) is 0 Å². The van der Waals surface area contributed by atoms with E-state index in [-0.39, 0.29) is 0 Å². The molecule has 1 rings (SSSR count). The van der Waals surface area contributed by atoms with Gasteiger partial charge in [-0.05, 0) is 19.9 Å². The highest BCUT2D eigenvalue weighted by Gasteiger charge is 2.14. The monoisotopic (exact) mass is 242 g/mol. The van der Waals surface area contributed by atoms with Crippen LogP contribution in [0, 0.1) is 13.8 Å². The van der Waals surface area contributed by atoms with E-state index in [1.165, 1.54) is 0 Å². The third kappa shape index (κ3) is 2.76. The fraction of sp³-hybridized carbons (Fsp3) is 0.600. The molecule has 13 heavy (non-hydrogen) atoms. The molecule has 3 heteroatoms. The molecule has 0 aliphatic rings.